The molecule has 1 aromatic carbocycles. The van der Waals surface area contributed by atoms with Crippen molar-refractivity contribution in [3.05, 3.63) is 41.6 Å². The number of nitrogens with zero attached hydrogens (tertiary/aromatic N) is 1. The Kier molecular flexibility index (Phi) is 5.63. The summed E-state index contributed by atoms with van der Waals surface area (Å²) in [5, 5.41) is 2.40. The average Bonchev–Trinajstić information content (AvgIpc) is 2.35. The van der Waals surface area contributed by atoms with Crippen LogP contribution in [0, 0.1) is 5.92 Å². The van der Waals surface area contributed by atoms with Crippen molar-refractivity contribution in [3.63, 3.8) is 0 Å². The van der Waals surface area contributed by atoms with Crippen LogP contribution in [0.2, 0.25) is 0 Å². The van der Waals surface area contributed by atoms with Crippen LogP contribution in [0.3, 0.4) is 0 Å². The maximum Gasteiger partial charge on any atom is 0.0607 e. The van der Waals surface area contributed by atoms with Gasteiger partial charge in [-0.25, -0.2) is 0 Å². The summed E-state index contributed by atoms with van der Waals surface area (Å²) in [6.45, 7) is 10.8. The Labute approximate surface area is 147 Å². The van der Waals surface area contributed by atoms with Crippen LogP contribution in [0.25, 0.3) is 10.8 Å². The first kappa shape index (κ1) is 17.5. The predicted octanol–water partition coefficient (Wildman–Crippen LogP) is 4.50. The zero-order valence-electron chi connectivity index (χ0n) is 13.2. The first-order valence-electron chi connectivity index (χ1n) is 6.62. The minimum atomic E-state index is 0. The second kappa shape index (κ2) is 6.45. The Morgan fingerprint density at radius 2 is 1.80 bits per heavy atom. The number of fused-ring (bicyclic) bond motifs is 1. The molecular weight excluding hydrogens is 323 g/mol. The van der Waals surface area contributed by atoms with Crippen molar-refractivity contribution in [2.75, 3.05) is 7.11 Å². The van der Waals surface area contributed by atoms with Crippen molar-refractivity contribution in [2.24, 2.45) is 0 Å². The van der Waals surface area contributed by atoms with Gasteiger partial charge in [-0.3, -0.25) is 4.98 Å². The summed E-state index contributed by atoms with van der Waals surface area (Å²) in [5.74, 6) is 2.18. The van der Waals surface area contributed by atoms with Gasteiger partial charge in [-0.1, -0.05) is 46.1 Å². The van der Waals surface area contributed by atoms with Crippen LogP contribution in [0.1, 0.15) is 45.9 Å². The van der Waals surface area contributed by atoms with Gasteiger partial charge in [-0.2, -0.15) is 5.92 Å². The molecule has 0 N–H and O–H groups in total. The van der Waals surface area contributed by atoms with Crippen LogP contribution in [0.4, 0.5) is 0 Å². The van der Waals surface area contributed by atoms with Gasteiger partial charge in [0.05, 0.1) is 7.11 Å². The fraction of sp³-hybridized carbons (Fsp3) is 0.412. The Morgan fingerprint density at radius 1 is 1.15 bits per heavy atom. The summed E-state index contributed by atoms with van der Waals surface area (Å²) < 4.78 is 5.50. The SMILES string of the molecule is COc1cc2ccnc(C(C)(C)C)c2cc1[C-](C)C.[Y]. The second-order valence-electron chi connectivity index (χ2n) is 6.18. The number of hydrogen-bond donors (Lipinski definition) is 0. The van der Waals surface area contributed by atoms with Crippen molar-refractivity contribution < 1.29 is 37.4 Å². The quantitative estimate of drug-likeness (QED) is 0.748. The monoisotopic (exact) mass is 345 g/mol. The summed E-state index contributed by atoms with van der Waals surface area (Å²) in [7, 11) is 1.72. The first-order valence-corrected chi connectivity index (χ1v) is 6.62. The van der Waals surface area contributed by atoms with E-state index in [0.29, 0.717) is 0 Å². The molecule has 1 radical (unpaired) electrons. The molecule has 20 heavy (non-hydrogen) atoms. The Hall–Kier alpha value is -0.596. The molecule has 0 unspecified atom stereocenters. The average molecular weight is 345 g/mol. The third kappa shape index (κ3) is 3.35. The van der Waals surface area contributed by atoms with Gasteiger partial charge >= 0.3 is 0 Å². The van der Waals surface area contributed by atoms with Crippen molar-refractivity contribution in [1.82, 2.24) is 4.98 Å². The number of aromatic nitrogens is 1. The number of methoxy groups -OCH3 is 1. The molecule has 0 saturated carbocycles. The topological polar surface area (TPSA) is 22.1 Å². The number of pyridine rings is 1. The van der Waals surface area contributed by atoms with Gasteiger partial charge in [0.2, 0.25) is 0 Å². The molecule has 0 aliphatic rings. The standard InChI is InChI=1S/C17H22NO.Y/c1-11(2)13-10-14-12(9-15(13)19-6)7-8-18-16(14)17(3,4)5;/h7-10H,1-6H3;/q-1;. The van der Waals surface area contributed by atoms with Crippen molar-refractivity contribution in [3.8, 4) is 5.75 Å². The molecule has 0 atom stereocenters. The van der Waals surface area contributed by atoms with Crippen LogP contribution in [-0.2, 0) is 38.1 Å². The Balaban J connectivity index is 0.00000200. The third-order valence-electron chi connectivity index (χ3n) is 3.33. The van der Waals surface area contributed by atoms with E-state index in [1.165, 1.54) is 16.7 Å². The minimum absolute atomic E-state index is 0. The summed E-state index contributed by atoms with van der Waals surface area (Å²) in [6, 6.07) is 6.35. The Morgan fingerprint density at radius 3 is 2.30 bits per heavy atom. The van der Waals surface area contributed by atoms with Gasteiger partial charge in [-0.15, -0.1) is 11.6 Å². The van der Waals surface area contributed by atoms with E-state index in [2.05, 4.69) is 51.7 Å². The van der Waals surface area contributed by atoms with Crippen LogP contribution >= 0.6 is 0 Å². The molecule has 0 spiro atoms. The summed E-state index contributed by atoms with van der Waals surface area (Å²) in [5.41, 5.74) is 2.33. The fourth-order valence-electron chi connectivity index (χ4n) is 2.36. The van der Waals surface area contributed by atoms with E-state index < -0.39 is 0 Å². The molecule has 2 nitrogen and oxygen atoms in total. The fourth-order valence-corrected chi connectivity index (χ4v) is 2.36. The van der Waals surface area contributed by atoms with Crippen LogP contribution in [0.5, 0.6) is 5.75 Å². The van der Waals surface area contributed by atoms with E-state index in [9.17, 15) is 0 Å². The summed E-state index contributed by atoms with van der Waals surface area (Å²) in [6.07, 6.45) is 1.88. The Bertz CT molecular complexity index is 600. The second-order valence-corrected chi connectivity index (χ2v) is 6.18. The van der Waals surface area contributed by atoms with E-state index in [4.69, 9.17) is 4.74 Å². The van der Waals surface area contributed by atoms with Crippen molar-refractivity contribution >= 4 is 10.8 Å². The van der Waals surface area contributed by atoms with E-state index in [-0.39, 0.29) is 38.1 Å². The molecule has 0 aliphatic carbocycles. The molecule has 0 fully saturated rings. The first-order chi connectivity index (χ1) is 8.84. The van der Waals surface area contributed by atoms with E-state index in [1.807, 2.05) is 12.3 Å². The molecule has 0 aliphatic heterocycles. The molecular formula is C17H22NOY-. The minimum Gasteiger partial charge on any atom is -0.554 e. The molecule has 0 saturated heterocycles. The third-order valence-corrected chi connectivity index (χ3v) is 3.33. The van der Waals surface area contributed by atoms with Gasteiger partial charge in [0.1, 0.15) is 0 Å². The predicted molar refractivity (Wildman–Crippen MR) is 80.7 cm³/mol. The van der Waals surface area contributed by atoms with E-state index >= 15 is 0 Å². The summed E-state index contributed by atoms with van der Waals surface area (Å²) in [4.78, 5) is 4.58. The number of rotatable bonds is 2. The molecule has 0 bridgehead atoms. The van der Waals surface area contributed by atoms with Gasteiger partial charge in [-0.05, 0) is 11.5 Å². The van der Waals surface area contributed by atoms with Crippen LogP contribution in [-0.4, -0.2) is 12.1 Å². The smallest absolute Gasteiger partial charge is 0.0607 e. The van der Waals surface area contributed by atoms with Crippen LogP contribution in [0.15, 0.2) is 24.4 Å². The molecule has 1 aromatic heterocycles. The molecule has 2 rings (SSSR count). The molecule has 2 aromatic rings. The number of benzene rings is 1. The number of ether oxygens (including phenoxy) is 1. The molecule has 1 heterocycles. The maximum absolute atomic E-state index is 5.50. The van der Waals surface area contributed by atoms with Crippen molar-refractivity contribution in [1.29, 1.82) is 0 Å². The van der Waals surface area contributed by atoms with Crippen LogP contribution < -0.4 is 4.74 Å². The summed E-state index contributed by atoms with van der Waals surface area (Å²) >= 11 is 0. The zero-order valence-corrected chi connectivity index (χ0v) is 16.1. The molecule has 3 heteroatoms. The number of hydrogen-bond acceptors (Lipinski definition) is 2. The molecule has 105 valence electrons. The maximum atomic E-state index is 5.50. The van der Waals surface area contributed by atoms with Gasteiger partial charge in [0.25, 0.3) is 0 Å². The normalized spacial score (nSPS) is 11.1. The van der Waals surface area contributed by atoms with Gasteiger partial charge in [0.15, 0.2) is 0 Å². The van der Waals surface area contributed by atoms with Crippen molar-refractivity contribution in [2.45, 2.75) is 40.0 Å². The molecule has 0 amide bonds. The van der Waals surface area contributed by atoms with E-state index in [1.54, 1.807) is 7.11 Å². The van der Waals surface area contributed by atoms with Gasteiger partial charge in [0, 0.05) is 55.8 Å². The largest absolute Gasteiger partial charge is 0.554 e. The van der Waals surface area contributed by atoms with E-state index in [0.717, 1.165) is 17.0 Å². The van der Waals surface area contributed by atoms with Gasteiger partial charge < -0.3 is 4.74 Å². The zero-order chi connectivity index (χ0) is 14.2.